The maximum atomic E-state index is 12.3. The molecule has 0 aromatic rings. The minimum atomic E-state index is -0.609. The lowest BCUT2D eigenvalue weighted by Gasteiger charge is -2.28. The van der Waals surface area contributed by atoms with Crippen molar-refractivity contribution in [2.24, 2.45) is 10.9 Å². The summed E-state index contributed by atoms with van der Waals surface area (Å²) in [6, 6.07) is -0.359. The maximum Gasteiger partial charge on any atom is 0.350 e. The highest BCUT2D eigenvalue weighted by Gasteiger charge is 2.37. The van der Waals surface area contributed by atoms with E-state index in [0.717, 1.165) is 17.7 Å². The average Bonchev–Trinajstić information content (AvgIpc) is 3.30. The van der Waals surface area contributed by atoms with Crippen molar-refractivity contribution in [1.82, 2.24) is 10.2 Å². The number of carbonyl (C=O) groups excluding carboxylic acids is 3. The molecular formula is C15H17N3O4. The van der Waals surface area contributed by atoms with E-state index in [1.54, 1.807) is 12.2 Å². The molecule has 1 atom stereocenters. The van der Waals surface area contributed by atoms with Gasteiger partial charge in [-0.15, -0.1) is 0 Å². The van der Waals surface area contributed by atoms with E-state index >= 15 is 0 Å². The number of fused-ring (bicyclic) bond motifs is 1. The number of rotatable bonds is 5. The molecule has 116 valence electrons. The van der Waals surface area contributed by atoms with Crippen LogP contribution in [0.3, 0.4) is 0 Å². The molecule has 22 heavy (non-hydrogen) atoms. The van der Waals surface area contributed by atoms with Gasteiger partial charge in [-0.25, -0.2) is 4.79 Å². The van der Waals surface area contributed by atoms with Gasteiger partial charge in [-0.3, -0.25) is 14.5 Å². The molecule has 3 rings (SSSR count). The molecule has 0 aromatic heterocycles. The Kier molecular flexibility index (Phi) is 3.89. The summed E-state index contributed by atoms with van der Waals surface area (Å²) in [5.41, 5.74) is 0.750. The van der Waals surface area contributed by atoms with E-state index in [1.165, 1.54) is 13.2 Å². The zero-order valence-electron chi connectivity index (χ0n) is 12.2. The molecule has 3 aliphatic rings. The number of nitrogens with one attached hydrogen (secondary N) is 1. The lowest BCUT2D eigenvalue weighted by atomic mass is 9.91. The molecule has 0 bridgehead atoms. The molecule has 1 unspecified atom stereocenters. The minimum absolute atomic E-state index is 0.175. The van der Waals surface area contributed by atoms with Crippen molar-refractivity contribution >= 4 is 23.6 Å². The molecule has 2 aliphatic carbocycles. The summed E-state index contributed by atoms with van der Waals surface area (Å²) in [4.78, 5) is 41.3. The van der Waals surface area contributed by atoms with Gasteiger partial charge in [0.2, 0.25) is 5.91 Å². The van der Waals surface area contributed by atoms with Crippen molar-refractivity contribution in [3.8, 4) is 0 Å². The number of nitrogens with zero attached hydrogens (tertiary/aromatic N) is 2. The average molecular weight is 303 g/mol. The van der Waals surface area contributed by atoms with Crippen LogP contribution in [0.25, 0.3) is 0 Å². The summed E-state index contributed by atoms with van der Waals surface area (Å²) in [5.74, 6) is -1.13. The van der Waals surface area contributed by atoms with Crippen LogP contribution in [-0.2, 0) is 14.3 Å². The third-order valence-corrected chi connectivity index (χ3v) is 3.77. The Morgan fingerprint density at radius 2 is 2.23 bits per heavy atom. The second-order valence-corrected chi connectivity index (χ2v) is 5.49. The monoisotopic (exact) mass is 303 g/mol. The van der Waals surface area contributed by atoms with E-state index in [2.05, 4.69) is 10.3 Å². The molecule has 0 aromatic carbocycles. The van der Waals surface area contributed by atoms with Gasteiger partial charge in [0.25, 0.3) is 5.91 Å². The number of methoxy groups -OCH3 is 1. The Labute approximate surface area is 127 Å². The van der Waals surface area contributed by atoms with Crippen LogP contribution < -0.4 is 5.32 Å². The van der Waals surface area contributed by atoms with Crippen LogP contribution in [-0.4, -0.2) is 54.8 Å². The van der Waals surface area contributed by atoms with Gasteiger partial charge in [-0.1, -0.05) is 12.2 Å². The van der Waals surface area contributed by atoms with Crippen LogP contribution in [0.4, 0.5) is 4.79 Å². The summed E-state index contributed by atoms with van der Waals surface area (Å²) in [6.45, 7) is 0.442. The molecule has 1 fully saturated rings. The molecular weight excluding hydrogens is 286 g/mol. The molecule has 0 saturated heterocycles. The molecule has 1 heterocycles. The van der Waals surface area contributed by atoms with Crippen LogP contribution in [0, 0.1) is 5.92 Å². The van der Waals surface area contributed by atoms with Crippen molar-refractivity contribution < 1.29 is 19.1 Å². The SMILES string of the molecule is COCCN1C(=O)N=C2C=C(C(=O)NC3CC3)C=CC2C1=O. The molecule has 1 saturated carbocycles. The summed E-state index contributed by atoms with van der Waals surface area (Å²) in [5, 5.41) is 2.87. The third kappa shape index (κ3) is 2.85. The van der Waals surface area contributed by atoms with Gasteiger partial charge in [0.1, 0.15) is 0 Å². The number of urea groups is 1. The lowest BCUT2D eigenvalue weighted by Crippen LogP contribution is -2.47. The number of amides is 4. The standard InChI is InChI=1S/C15H17N3O4/c1-22-7-6-18-14(20)11-5-2-9(8-12(11)17-15(18)21)13(19)16-10-3-4-10/h2,5,8,10-11H,3-4,6-7H2,1H3,(H,16,19). The van der Waals surface area contributed by atoms with Crippen LogP contribution in [0.2, 0.25) is 0 Å². The van der Waals surface area contributed by atoms with Crippen molar-refractivity contribution in [3.63, 3.8) is 0 Å². The number of ether oxygens (including phenoxy) is 1. The predicted molar refractivity (Wildman–Crippen MR) is 78.3 cm³/mol. The summed E-state index contributed by atoms with van der Waals surface area (Å²) < 4.78 is 4.89. The second kappa shape index (κ2) is 5.84. The number of imide groups is 1. The van der Waals surface area contributed by atoms with Crippen molar-refractivity contribution in [2.45, 2.75) is 18.9 Å². The quantitative estimate of drug-likeness (QED) is 0.797. The topological polar surface area (TPSA) is 88.1 Å². The van der Waals surface area contributed by atoms with Crippen LogP contribution in [0.5, 0.6) is 0 Å². The molecule has 1 aliphatic heterocycles. The van der Waals surface area contributed by atoms with Crippen molar-refractivity contribution in [1.29, 1.82) is 0 Å². The summed E-state index contributed by atoms with van der Waals surface area (Å²) in [6.07, 6.45) is 6.75. The third-order valence-electron chi connectivity index (χ3n) is 3.77. The maximum absolute atomic E-state index is 12.3. The Morgan fingerprint density at radius 3 is 2.91 bits per heavy atom. The Balaban J connectivity index is 1.78. The minimum Gasteiger partial charge on any atom is -0.383 e. The van der Waals surface area contributed by atoms with E-state index < -0.39 is 11.9 Å². The zero-order chi connectivity index (χ0) is 15.7. The Morgan fingerprint density at radius 1 is 1.45 bits per heavy atom. The molecule has 7 nitrogen and oxygen atoms in total. The van der Waals surface area contributed by atoms with E-state index in [-0.39, 0.29) is 31.0 Å². The fourth-order valence-electron chi connectivity index (χ4n) is 2.37. The van der Waals surface area contributed by atoms with Gasteiger partial charge in [0.15, 0.2) is 0 Å². The van der Waals surface area contributed by atoms with Gasteiger partial charge in [0, 0.05) is 18.7 Å². The van der Waals surface area contributed by atoms with E-state index in [0.29, 0.717) is 11.3 Å². The smallest absolute Gasteiger partial charge is 0.350 e. The fourth-order valence-corrected chi connectivity index (χ4v) is 2.37. The molecule has 4 amide bonds. The lowest BCUT2D eigenvalue weighted by molar-refractivity contribution is -0.130. The van der Waals surface area contributed by atoms with Crippen molar-refractivity contribution in [2.75, 3.05) is 20.3 Å². The first-order chi connectivity index (χ1) is 10.6. The van der Waals surface area contributed by atoms with Crippen molar-refractivity contribution in [3.05, 3.63) is 23.8 Å². The summed E-state index contributed by atoms with van der Waals surface area (Å²) >= 11 is 0. The Bertz CT molecular complexity index is 616. The van der Waals surface area contributed by atoms with Crippen LogP contribution in [0.15, 0.2) is 28.8 Å². The van der Waals surface area contributed by atoms with E-state index in [4.69, 9.17) is 4.74 Å². The molecule has 7 heteroatoms. The molecule has 0 radical (unpaired) electrons. The highest BCUT2D eigenvalue weighted by Crippen LogP contribution is 2.24. The van der Waals surface area contributed by atoms with E-state index in [9.17, 15) is 14.4 Å². The summed E-state index contributed by atoms with van der Waals surface area (Å²) in [7, 11) is 1.50. The first kappa shape index (κ1) is 14.6. The normalized spacial score (nSPS) is 23.9. The highest BCUT2D eigenvalue weighted by molar-refractivity contribution is 6.23. The number of hydrogen-bond acceptors (Lipinski definition) is 4. The zero-order valence-corrected chi connectivity index (χ0v) is 12.2. The van der Waals surface area contributed by atoms with Crippen LogP contribution in [0.1, 0.15) is 12.8 Å². The molecule has 1 N–H and O–H groups in total. The fraction of sp³-hybridized carbons (Fsp3) is 0.467. The number of allylic oxidation sites excluding steroid dienone is 1. The van der Waals surface area contributed by atoms with Crippen LogP contribution >= 0.6 is 0 Å². The van der Waals surface area contributed by atoms with Gasteiger partial charge in [-0.2, -0.15) is 4.99 Å². The largest absolute Gasteiger partial charge is 0.383 e. The second-order valence-electron chi connectivity index (χ2n) is 5.49. The highest BCUT2D eigenvalue weighted by atomic mass is 16.5. The van der Waals surface area contributed by atoms with Gasteiger partial charge < -0.3 is 10.1 Å². The number of aliphatic imine (C=N–C) groups is 1. The van der Waals surface area contributed by atoms with Gasteiger partial charge >= 0.3 is 6.03 Å². The number of carbonyl (C=O) groups is 3. The predicted octanol–water partition coefficient (Wildman–Crippen LogP) is 0.427. The first-order valence-corrected chi connectivity index (χ1v) is 7.24. The van der Waals surface area contributed by atoms with Gasteiger partial charge in [-0.05, 0) is 18.9 Å². The number of hydrogen-bond donors (Lipinski definition) is 1. The first-order valence-electron chi connectivity index (χ1n) is 7.24. The van der Waals surface area contributed by atoms with Gasteiger partial charge in [0.05, 0.1) is 24.8 Å². The molecule has 0 spiro atoms. The Hall–Kier alpha value is -2.28. The van der Waals surface area contributed by atoms with E-state index in [1.807, 2.05) is 0 Å².